The molecule has 84 valence electrons. The molecule has 0 radical (unpaired) electrons. The van der Waals surface area contributed by atoms with Crippen molar-refractivity contribution in [1.82, 2.24) is 4.72 Å². The summed E-state index contributed by atoms with van der Waals surface area (Å²) in [4.78, 5) is 0.229. The molecule has 1 unspecified atom stereocenters. The van der Waals surface area contributed by atoms with Crippen LogP contribution in [0.2, 0.25) is 0 Å². The minimum absolute atomic E-state index is 0.195. The van der Waals surface area contributed by atoms with E-state index < -0.39 is 21.2 Å². The van der Waals surface area contributed by atoms with Crippen molar-refractivity contribution in [2.75, 3.05) is 18.6 Å². The zero-order valence-corrected chi connectivity index (χ0v) is 9.98. The van der Waals surface area contributed by atoms with E-state index >= 15 is 0 Å². The van der Waals surface area contributed by atoms with Crippen LogP contribution in [0.25, 0.3) is 0 Å². The molecule has 15 heavy (non-hydrogen) atoms. The number of nitrogens with one attached hydrogen (secondary N) is 1. The van der Waals surface area contributed by atoms with Gasteiger partial charge in [0.25, 0.3) is 0 Å². The van der Waals surface area contributed by atoms with E-state index in [9.17, 15) is 13.0 Å². The molecule has 0 aliphatic heterocycles. The molecule has 1 N–H and O–H groups in total. The maximum Gasteiger partial charge on any atom is 0.240 e. The first-order chi connectivity index (χ1) is 7.02. The fraction of sp³-hybridized carbons (Fsp3) is 0.333. The first-order valence-electron chi connectivity index (χ1n) is 4.37. The van der Waals surface area contributed by atoms with Crippen molar-refractivity contribution in [3.63, 3.8) is 0 Å². The summed E-state index contributed by atoms with van der Waals surface area (Å²) in [5.41, 5.74) is 0. The highest BCUT2D eigenvalue weighted by Gasteiger charge is 2.12. The molecule has 1 rings (SSSR count). The third kappa shape index (κ3) is 4.21. The topological polar surface area (TPSA) is 69.2 Å². The van der Waals surface area contributed by atoms with Crippen LogP contribution < -0.4 is 4.72 Å². The summed E-state index contributed by atoms with van der Waals surface area (Å²) in [7, 11) is -3.44. The van der Waals surface area contributed by atoms with E-state index in [0.717, 1.165) is 0 Å². The van der Waals surface area contributed by atoms with E-state index in [1.807, 2.05) is 0 Å². The molecule has 0 aliphatic rings. The highest BCUT2D eigenvalue weighted by molar-refractivity contribution is 7.91. The van der Waals surface area contributed by atoms with Gasteiger partial charge in [0, 0.05) is 0 Å². The van der Waals surface area contributed by atoms with Gasteiger partial charge in [-0.3, -0.25) is 0 Å². The van der Waals surface area contributed by atoms with Crippen molar-refractivity contribution in [1.29, 1.82) is 0 Å². The normalized spacial score (nSPS) is 13.7. The molecule has 0 saturated heterocycles. The summed E-state index contributed by atoms with van der Waals surface area (Å²) >= 11 is -0.984. The molecule has 0 saturated carbocycles. The van der Waals surface area contributed by atoms with Crippen LogP contribution in [0.4, 0.5) is 0 Å². The molecule has 1 atom stereocenters. The quantitative estimate of drug-likeness (QED) is 0.763. The van der Waals surface area contributed by atoms with Crippen molar-refractivity contribution >= 4 is 21.2 Å². The molecule has 4 nitrogen and oxygen atoms in total. The lowest BCUT2D eigenvalue weighted by Crippen LogP contribution is -2.28. The molecular formula is C9H13NO3S2. The molecule has 0 amide bonds. The summed E-state index contributed by atoms with van der Waals surface area (Å²) in [6, 6.07) is 8.11. The molecule has 0 fully saturated rings. The summed E-state index contributed by atoms with van der Waals surface area (Å²) in [6.07, 6.45) is 1.54. The fourth-order valence-electron chi connectivity index (χ4n) is 1.00. The Hall–Kier alpha value is -0.560. The van der Waals surface area contributed by atoms with Crippen LogP contribution >= 0.6 is 0 Å². The number of sulfonamides is 1. The third-order valence-electron chi connectivity index (χ3n) is 1.74. The van der Waals surface area contributed by atoms with Crippen molar-refractivity contribution in [3.8, 4) is 0 Å². The fourth-order valence-corrected chi connectivity index (χ4v) is 2.57. The number of hydrogen-bond acceptors (Lipinski definition) is 3. The molecule has 1 aromatic rings. The van der Waals surface area contributed by atoms with Crippen molar-refractivity contribution in [2.45, 2.75) is 4.90 Å². The monoisotopic (exact) mass is 247 g/mol. The lowest BCUT2D eigenvalue weighted by molar-refractivity contribution is 0.581. The van der Waals surface area contributed by atoms with Crippen LogP contribution in [-0.2, 0) is 21.2 Å². The van der Waals surface area contributed by atoms with Gasteiger partial charge in [0.05, 0.1) is 17.7 Å². The third-order valence-corrected chi connectivity index (χ3v) is 3.99. The van der Waals surface area contributed by atoms with Gasteiger partial charge in [0.2, 0.25) is 10.0 Å². The van der Waals surface area contributed by atoms with Gasteiger partial charge < -0.3 is 4.55 Å². The Balaban J connectivity index is 2.61. The molecule has 0 heterocycles. The summed E-state index contributed by atoms with van der Waals surface area (Å²) < 4.78 is 36.3. The van der Waals surface area contributed by atoms with Crippen LogP contribution in [0.5, 0.6) is 0 Å². The van der Waals surface area contributed by atoms with Crippen molar-refractivity contribution in [2.24, 2.45) is 0 Å². The Morgan fingerprint density at radius 1 is 1.33 bits per heavy atom. The summed E-state index contributed by atoms with van der Waals surface area (Å²) in [5, 5.41) is 0. The van der Waals surface area contributed by atoms with E-state index in [0.29, 0.717) is 5.75 Å². The lowest BCUT2D eigenvalue weighted by atomic mass is 10.4. The van der Waals surface area contributed by atoms with Gasteiger partial charge in [0.15, 0.2) is 0 Å². The number of hydrogen-bond donors (Lipinski definition) is 1. The van der Waals surface area contributed by atoms with Gasteiger partial charge >= 0.3 is 0 Å². The first kappa shape index (κ1) is 12.5. The van der Waals surface area contributed by atoms with Gasteiger partial charge in [-0.05, 0) is 12.1 Å². The molecule has 0 spiro atoms. The van der Waals surface area contributed by atoms with Crippen LogP contribution in [0.3, 0.4) is 0 Å². The predicted molar refractivity (Wildman–Crippen MR) is 60.6 cm³/mol. The average Bonchev–Trinajstić information content (AvgIpc) is 2.18. The number of rotatable bonds is 5. The molecular weight excluding hydrogens is 234 g/mol. The van der Waals surface area contributed by atoms with Crippen molar-refractivity contribution in [3.05, 3.63) is 30.3 Å². The lowest BCUT2D eigenvalue weighted by Gasteiger charge is -2.07. The maximum atomic E-state index is 11.6. The van der Waals surface area contributed by atoms with Crippen molar-refractivity contribution < 1.29 is 13.0 Å². The van der Waals surface area contributed by atoms with Gasteiger partial charge in [-0.2, -0.15) is 0 Å². The Bertz CT molecular complexity index is 389. The predicted octanol–water partition coefficient (Wildman–Crippen LogP) is 0.343. The van der Waals surface area contributed by atoms with E-state index in [-0.39, 0.29) is 11.4 Å². The molecule has 1 aromatic carbocycles. The van der Waals surface area contributed by atoms with Gasteiger partial charge in [0.1, 0.15) is 5.75 Å². The molecule has 0 aromatic heterocycles. The summed E-state index contributed by atoms with van der Waals surface area (Å²) in [6.45, 7) is 0.195. The zero-order valence-electron chi connectivity index (χ0n) is 8.34. The minimum atomic E-state index is -3.44. The second-order valence-electron chi connectivity index (χ2n) is 2.99. The van der Waals surface area contributed by atoms with E-state index in [1.54, 1.807) is 18.2 Å². The van der Waals surface area contributed by atoms with Crippen LogP contribution in [-0.4, -0.2) is 31.5 Å². The molecule has 0 aliphatic carbocycles. The Kier molecular flexibility index (Phi) is 4.59. The Labute approximate surface area is 92.9 Å². The smallest absolute Gasteiger partial charge is 0.240 e. The maximum absolute atomic E-state index is 11.6. The molecule has 6 heteroatoms. The van der Waals surface area contributed by atoms with Gasteiger partial charge in [-0.25, -0.2) is 13.1 Å². The zero-order chi connectivity index (χ0) is 11.3. The SMILES string of the molecule is C[S+]([O-])CCNS(=O)(=O)c1ccccc1. The highest BCUT2D eigenvalue weighted by Crippen LogP contribution is 2.06. The van der Waals surface area contributed by atoms with Gasteiger partial charge in [-0.15, -0.1) is 0 Å². The second-order valence-corrected chi connectivity index (χ2v) is 6.31. The second kappa shape index (κ2) is 5.50. The van der Waals surface area contributed by atoms with Crippen LogP contribution in [0.15, 0.2) is 35.2 Å². The Morgan fingerprint density at radius 2 is 1.93 bits per heavy atom. The standard InChI is InChI=1S/C9H13NO3S2/c1-14(11)8-7-10-15(12,13)9-5-3-2-4-6-9/h2-6,10H,7-8H2,1H3. The largest absolute Gasteiger partial charge is 0.617 e. The van der Waals surface area contributed by atoms with Gasteiger partial charge in [-0.1, -0.05) is 29.4 Å². The number of benzene rings is 1. The van der Waals surface area contributed by atoms with E-state index in [2.05, 4.69) is 4.72 Å². The minimum Gasteiger partial charge on any atom is -0.617 e. The average molecular weight is 247 g/mol. The molecule has 0 bridgehead atoms. The summed E-state index contributed by atoms with van der Waals surface area (Å²) in [5.74, 6) is 0.325. The Morgan fingerprint density at radius 3 is 2.47 bits per heavy atom. The van der Waals surface area contributed by atoms with Crippen LogP contribution in [0.1, 0.15) is 0 Å². The van der Waals surface area contributed by atoms with Crippen LogP contribution in [0, 0.1) is 0 Å². The van der Waals surface area contributed by atoms with E-state index in [1.165, 1.54) is 18.4 Å². The first-order valence-corrected chi connectivity index (χ1v) is 7.58. The highest BCUT2D eigenvalue weighted by atomic mass is 32.2. The van der Waals surface area contributed by atoms with E-state index in [4.69, 9.17) is 0 Å².